The molecular formula is C13H13F3N6O6S. The Morgan fingerprint density at radius 1 is 1.34 bits per heavy atom. The molecule has 1 amide bonds. The SMILES string of the molecule is Cn1nnnc1SC1=C(OC(=O)O)N2C(=O)[C@H]3NCCC1[C@H]32.O=C(O)C(F)(F)F. The second kappa shape index (κ2) is 7.51. The molecule has 1 aromatic rings. The van der Waals surface area contributed by atoms with Gasteiger partial charge in [-0.15, -0.1) is 5.10 Å². The number of aromatic nitrogens is 4. The molecule has 1 aromatic heterocycles. The van der Waals surface area contributed by atoms with Crippen LogP contribution in [0.15, 0.2) is 15.9 Å². The van der Waals surface area contributed by atoms with Crippen molar-refractivity contribution in [3.63, 3.8) is 0 Å². The summed E-state index contributed by atoms with van der Waals surface area (Å²) in [5.74, 6) is -2.77. The van der Waals surface area contributed by atoms with Gasteiger partial charge in [-0.05, 0) is 35.2 Å². The number of aliphatic carboxylic acids is 1. The molecule has 158 valence electrons. The van der Waals surface area contributed by atoms with Gasteiger partial charge in [-0.1, -0.05) is 0 Å². The highest BCUT2D eigenvalue weighted by Crippen LogP contribution is 2.51. The van der Waals surface area contributed by atoms with Crippen LogP contribution < -0.4 is 5.32 Å². The lowest BCUT2D eigenvalue weighted by atomic mass is 9.82. The fraction of sp³-hybridized carbons (Fsp3) is 0.538. The van der Waals surface area contributed by atoms with Crippen LogP contribution in [-0.2, 0) is 21.4 Å². The third-order valence-corrected chi connectivity index (χ3v) is 5.58. The van der Waals surface area contributed by atoms with Gasteiger partial charge in [-0.3, -0.25) is 9.69 Å². The summed E-state index contributed by atoms with van der Waals surface area (Å²) in [4.78, 5) is 34.2. The number of alkyl halides is 3. The highest BCUT2D eigenvalue weighted by molar-refractivity contribution is 8.03. The van der Waals surface area contributed by atoms with E-state index in [2.05, 4.69) is 20.8 Å². The van der Waals surface area contributed by atoms with Gasteiger partial charge in [-0.2, -0.15) is 13.2 Å². The van der Waals surface area contributed by atoms with Crippen molar-refractivity contribution in [1.29, 1.82) is 0 Å². The van der Waals surface area contributed by atoms with E-state index in [1.54, 1.807) is 7.05 Å². The first kappa shape index (κ1) is 20.8. The predicted molar refractivity (Wildman–Crippen MR) is 85.0 cm³/mol. The molecule has 12 nitrogen and oxygen atoms in total. The van der Waals surface area contributed by atoms with E-state index in [4.69, 9.17) is 19.7 Å². The van der Waals surface area contributed by atoms with Crippen LogP contribution in [-0.4, -0.2) is 78.2 Å². The Hall–Kier alpha value is -2.88. The monoisotopic (exact) mass is 438 g/mol. The number of hydrogen-bond acceptors (Lipinski definition) is 9. The lowest BCUT2D eigenvalue weighted by Gasteiger charge is -2.48. The zero-order chi connectivity index (χ0) is 21.5. The first-order valence-electron chi connectivity index (χ1n) is 7.94. The molecule has 2 saturated heterocycles. The number of halogens is 3. The largest absolute Gasteiger partial charge is 0.512 e. The highest BCUT2D eigenvalue weighted by atomic mass is 32.2. The zero-order valence-corrected chi connectivity index (χ0v) is 15.3. The van der Waals surface area contributed by atoms with Gasteiger partial charge < -0.3 is 20.3 Å². The molecule has 3 atom stereocenters. The number of piperidine rings is 1. The van der Waals surface area contributed by atoms with Gasteiger partial charge in [0.25, 0.3) is 0 Å². The van der Waals surface area contributed by atoms with E-state index in [9.17, 15) is 22.8 Å². The average molecular weight is 438 g/mol. The van der Waals surface area contributed by atoms with E-state index in [0.29, 0.717) is 16.6 Å². The second-order valence-corrected chi connectivity index (χ2v) is 7.06. The summed E-state index contributed by atoms with van der Waals surface area (Å²) in [6, 6.07) is -0.346. The van der Waals surface area contributed by atoms with Crippen LogP contribution in [0.4, 0.5) is 18.0 Å². The van der Waals surface area contributed by atoms with Crippen LogP contribution in [0, 0.1) is 5.92 Å². The van der Waals surface area contributed by atoms with Crippen molar-refractivity contribution in [3.05, 3.63) is 10.8 Å². The van der Waals surface area contributed by atoms with Crippen molar-refractivity contribution in [1.82, 2.24) is 30.4 Å². The molecule has 16 heteroatoms. The number of rotatable bonds is 3. The Labute approximate surface area is 163 Å². The third kappa shape index (κ3) is 3.84. The number of nitrogens with zero attached hydrogens (tertiary/aromatic N) is 5. The normalized spacial score (nSPS) is 25.0. The van der Waals surface area contributed by atoms with Crippen LogP contribution in [0.25, 0.3) is 0 Å². The number of thioether (sulfide) groups is 1. The fourth-order valence-corrected chi connectivity index (χ4v) is 4.28. The van der Waals surface area contributed by atoms with E-state index in [1.807, 2.05) is 0 Å². The molecule has 3 N–H and O–H groups in total. The summed E-state index contributed by atoms with van der Waals surface area (Å²) in [5.41, 5.74) is 0. The quantitative estimate of drug-likeness (QED) is 0.431. The molecule has 4 heterocycles. The summed E-state index contributed by atoms with van der Waals surface area (Å²) in [7, 11) is 1.70. The standard InChI is InChI=1S/C11H12N6O4S.C2HF3O2/c1-16-10(13-14-15-16)22-7-4-2-3-12-5-6(4)17(8(5)18)9(7)21-11(19)20;3-2(4,5)1(6)7/h4-6,12H,2-3H2,1H3,(H,19,20);(H,6,7)/t4?,5-,6+;/m0./s1. The summed E-state index contributed by atoms with van der Waals surface area (Å²) >= 11 is 1.25. The van der Waals surface area contributed by atoms with Gasteiger partial charge in [0.2, 0.25) is 16.9 Å². The van der Waals surface area contributed by atoms with Crippen molar-refractivity contribution in [2.75, 3.05) is 6.54 Å². The molecule has 29 heavy (non-hydrogen) atoms. The Balaban J connectivity index is 0.000000298. The Morgan fingerprint density at radius 2 is 2.00 bits per heavy atom. The van der Waals surface area contributed by atoms with Crippen molar-refractivity contribution < 1.29 is 42.5 Å². The van der Waals surface area contributed by atoms with Crippen LogP contribution in [0.2, 0.25) is 0 Å². The van der Waals surface area contributed by atoms with Crippen molar-refractivity contribution >= 4 is 29.8 Å². The summed E-state index contributed by atoms with van der Waals surface area (Å²) < 4.78 is 38.1. The smallest absolute Gasteiger partial charge is 0.475 e. The number of tetrazole rings is 1. The molecule has 0 aliphatic carbocycles. The second-order valence-electron chi connectivity index (χ2n) is 6.05. The van der Waals surface area contributed by atoms with E-state index in [0.717, 1.165) is 6.42 Å². The van der Waals surface area contributed by atoms with Gasteiger partial charge in [0, 0.05) is 13.0 Å². The Morgan fingerprint density at radius 3 is 2.52 bits per heavy atom. The van der Waals surface area contributed by atoms with Gasteiger partial charge >= 0.3 is 18.3 Å². The molecule has 3 aliphatic rings. The van der Waals surface area contributed by atoms with Gasteiger partial charge in [-0.25, -0.2) is 14.3 Å². The lowest BCUT2D eigenvalue weighted by Crippen LogP contribution is -2.71. The Kier molecular flexibility index (Phi) is 5.40. The predicted octanol–water partition coefficient (Wildman–Crippen LogP) is 0.00170. The third-order valence-electron chi connectivity index (χ3n) is 4.35. The number of carboxylic acid groups (broad SMARTS) is 2. The molecule has 0 saturated carbocycles. The highest BCUT2D eigenvalue weighted by Gasteiger charge is 2.61. The number of aryl methyl sites for hydroxylation is 1. The van der Waals surface area contributed by atoms with Crippen molar-refractivity contribution in [2.24, 2.45) is 13.0 Å². The minimum absolute atomic E-state index is 0.0417. The maximum absolute atomic E-state index is 12.2. The number of carbonyl (C=O) groups excluding carboxylic acids is 1. The van der Waals surface area contributed by atoms with Gasteiger partial charge in [0.1, 0.15) is 6.04 Å². The average Bonchev–Trinajstić information content (AvgIpc) is 3.15. The molecule has 0 spiro atoms. The van der Waals surface area contributed by atoms with Gasteiger partial charge in [0.15, 0.2) is 0 Å². The molecule has 0 aromatic carbocycles. The van der Waals surface area contributed by atoms with Gasteiger partial charge in [0.05, 0.1) is 10.9 Å². The minimum Gasteiger partial charge on any atom is -0.475 e. The van der Waals surface area contributed by atoms with Crippen LogP contribution >= 0.6 is 11.8 Å². The Bertz CT molecular complexity index is 889. The molecule has 0 bridgehead atoms. The number of ether oxygens (including phenoxy) is 1. The number of β-lactam (4-membered cyclic amide) rings is 1. The number of nitrogens with one attached hydrogen (secondary N) is 1. The topological polar surface area (TPSA) is 160 Å². The van der Waals surface area contributed by atoms with Crippen molar-refractivity contribution in [3.8, 4) is 0 Å². The summed E-state index contributed by atoms with van der Waals surface area (Å²) in [5, 5.41) is 31.0. The number of hydrogen-bond donors (Lipinski definition) is 3. The molecular weight excluding hydrogens is 425 g/mol. The number of carbonyl (C=O) groups is 3. The number of carboxylic acids is 1. The molecule has 1 unspecified atom stereocenters. The summed E-state index contributed by atoms with van der Waals surface area (Å²) in [6.07, 6.45) is -5.72. The molecule has 3 aliphatic heterocycles. The van der Waals surface area contributed by atoms with Crippen LogP contribution in [0.3, 0.4) is 0 Å². The van der Waals surface area contributed by atoms with E-state index >= 15 is 0 Å². The van der Waals surface area contributed by atoms with E-state index < -0.39 is 18.3 Å². The van der Waals surface area contributed by atoms with Crippen LogP contribution in [0.5, 0.6) is 0 Å². The maximum Gasteiger partial charge on any atom is 0.512 e. The first-order valence-corrected chi connectivity index (χ1v) is 8.75. The summed E-state index contributed by atoms with van der Waals surface area (Å²) in [6.45, 7) is 0.701. The molecule has 2 fully saturated rings. The lowest BCUT2D eigenvalue weighted by molar-refractivity contribution is -0.192. The maximum atomic E-state index is 12.2. The molecule has 0 radical (unpaired) electrons. The van der Waals surface area contributed by atoms with E-state index in [1.165, 1.54) is 21.3 Å². The number of amides is 1. The van der Waals surface area contributed by atoms with Crippen LogP contribution in [0.1, 0.15) is 6.42 Å². The van der Waals surface area contributed by atoms with Crippen molar-refractivity contribution in [2.45, 2.75) is 29.8 Å². The zero-order valence-electron chi connectivity index (χ0n) is 14.5. The fourth-order valence-electron chi connectivity index (χ4n) is 3.20. The minimum atomic E-state index is -5.08. The van der Waals surface area contributed by atoms with E-state index in [-0.39, 0.29) is 29.8 Å². The first-order chi connectivity index (χ1) is 13.5. The molecule has 4 rings (SSSR count).